The first-order valence-electron chi connectivity index (χ1n) is 9.89. The molecule has 32 heavy (non-hydrogen) atoms. The maximum absolute atomic E-state index is 12.6. The Hall–Kier alpha value is -4.18. The summed E-state index contributed by atoms with van der Waals surface area (Å²) >= 11 is 0. The van der Waals surface area contributed by atoms with Crippen LogP contribution in [0.2, 0.25) is 0 Å². The minimum absolute atomic E-state index is 0.252. The van der Waals surface area contributed by atoms with Crippen LogP contribution in [-0.2, 0) is 25.5 Å². The van der Waals surface area contributed by atoms with Gasteiger partial charge in [0.1, 0.15) is 5.69 Å². The van der Waals surface area contributed by atoms with Gasteiger partial charge in [-0.3, -0.25) is 14.2 Å². The van der Waals surface area contributed by atoms with Gasteiger partial charge in [0, 0.05) is 42.5 Å². The van der Waals surface area contributed by atoms with Gasteiger partial charge in [-0.2, -0.15) is 16.1 Å². The average molecular weight is 432 g/mol. The van der Waals surface area contributed by atoms with Gasteiger partial charge in [0.15, 0.2) is 5.69 Å². The van der Waals surface area contributed by atoms with E-state index < -0.39 is 0 Å². The molecular weight excluding hydrogens is 408 g/mol. The summed E-state index contributed by atoms with van der Waals surface area (Å²) in [5, 5.41) is 12.4. The minimum atomic E-state index is -0.261. The molecule has 0 aliphatic rings. The zero-order chi connectivity index (χ0) is 22.8. The number of allylic oxidation sites excluding steroid dienone is 1. The lowest BCUT2D eigenvalue weighted by Gasteiger charge is -2.01. The predicted molar refractivity (Wildman–Crippen MR) is 122 cm³/mol. The molecule has 0 fully saturated rings. The number of amides is 1. The van der Waals surface area contributed by atoms with E-state index >= 15 is 0 Å². The molecule has 0 radical (unpaired) electrons. The number of hydrogen-bond donors (Lipinski definition) is 3. The van der Waals surface area contributed by atoms with Crippen LogP contribution < -0.4 is 11.2 Å². The van der Waals surface area contributed by atoms with Crippen molar-refractivity contribution >= 4 is 22.7 Å². The lowest BCUT2D eigenvalue weighted by Crippen LogP contribution is -2.23. The summed E-state index contributed by atoms with van der Waals surface area (Å²) in [6.45, 7) is 5.84. The van der Waals surface area contributed by atoms with Crippen molar-refractivity contribution in [1.29, 1.82) is 0 Å². The van der Waals surface area contributed by atoms with Gasteiger partial charge in [0.2, 0.25) is 0 Å². The van der Waals surface area contributed by atoms with E-state index in [9.17, 15) is 4.79 Å². The van der Waals surface area contributed by atoms with Crippen LogP contribution in [0.4, 0.5) is 0 Å². The number of aryl methyl sites for hydroxylation is 2. The third-order valence-electron chi connectivity index (χ3n) is 4.86. The summed E-state index contributed by atoms with van der Waals surface area (Å²) < 4.78 is 3.37. The normalized spacial score (nSPS) is 11.7. The molecule has 0 aliphatic carbocycles. The fourth-order valence-electron chi connectivity index (χ4n) is 3.40. The number of aromatic amines is 1. The van der Waals surface area contributed by atoms with Crippen LogP contribution >= 0.6 is 0 Å². The van der Waals surface area contributed by atoms with Gasteiger partial charge in [0.05, 0.1) is 17.9 Å². The zero-order valence-corrected chi connectivity index (χ0v) is 18.1. The average Bonchev–Trinajstić information content (AvgIpc) is 3.47. The van der Waals surface area contributed by atoms with Crippen LogP contribution in [0.5, 0.6) is 0 Å². The van der Waals surface area contributed by atoms with Crippen molar-refractivity contribution in [2.75, 3.05) is 0 Å². The molecule has 0 aliphatic heterocycles. The first-order valence-corrected chi connectivity index (χ1v) is 9.89. The Balaban J connectivity index is 1.58. The van der Waals surface area contributed by atoms with Gasteiger partial charge < -0.3 is 15.1 Å². The Kier molecular flexibility index (Phi) is 5.61. The molecule has 0 spiro atoms. The first kappa shape index (κ1) is 21.1. The smallest absolute Gasteiger partial charge is 0.272 e. The summed E-state index contributed by atoms with van der Waals surface area (Å²) in [6.07, 6.45) is 1.83. The number of nitrogens with one attached hydrogen (secondary N) is 2. The minimum Gasteiger partial charge on any atom is -0.389 e. The highest BCUT2D eigenvalue weighted by atomic mass is 16.6. The fraction of sp³-hybridized carbons (Fsp3) is 0.182. The lowest BCUT2D eigenvalue weighted by molar-refractivity contribution is 0.0944. The molecule has 0 saturated heterocycles. The summed E-state index contributed by atoms with van der Waals surface area (Å²) in [7, 11) is 3.63. The van der Waals surface area contributed by atoms with E-state index in [0.717, 1.165) is 27.9 Å². The van der Waals surface area contributed by atoms with E-state index in [1.807, 2.05) is 43.6 Å². The Bertz CT molecular complexity index is 1340. The Morgan fingerprint density at radius 1 is 1.25 bits per heavy atom. The fourth-order valence-corrected chi connectivity index (χ4v) is 3.40. The lowest BCUT2D eigenvalue weighted by atomic mass is 10.1. The monoisotopic (exact) mass is 432 g/mol. The van der Waals surface area contributed by atoms with Crippen molar-refractivity contribution in [3.8, 4) is 11.3 Å². The van der Waals surface area contributed by atoms with E-state index in [0.29, 0.717) is 23.6 Å². The highest BCUT2D eigenvalue weighted by Gasteiger charge is 2.16. The van der Waals surface area contributed by atoms with Crippen molar-refractivity contribution < 1.29 is 9.63 Å². The second kappa shape index (κ2) is 8.52. The number of carbonyl (C=O) groups excluding carboxylic acids is 1. The summed E-state index contributed by atoms with van der Waals surface area (Å²) in [5.41, 5.74) is 4.95. The summed E-state index contributed by atoms with van der Waals surface area (Å²) in [4.78, 5) is 24.9. The highest BCUT2D eigenvalue weighted by Crippen LogP contribution is 2.26. The summed E-state index contributed by atoms with van der Waals surface area (Å²) in [6, 6.07) is 11.4. The second-order valence-corrected chi connectivity index (χ2v) is 7.46. The molecule has 3 aromatic heterocycles. The maximum atomic E-state index is 12.6. The largest absolute Gasteiger partial charge is 0.389 e. The van der Waals surface area contributed by atoms with Gasteiger partial charge >= 0.3 is 0 Å². The van der Waals surface area contributed by atoms with Crippen molar-refractivity contribution in [2.24, 2.45) is 25.0 Å². The van der Waals surface area contributed by atoms with Crippen molar-refractivity contribution in [3.63, 3.8) is 0 Å². The number of hydrogen-bond acceptors (Lipinski definition) is 6. The summed E-state index contributed by atoms with van der Waals surface area (Å²) in [5.74, 6) is 5.35. The molecule has 0 atom stereocenters. The van der Waals surface area contributed by atoms with Crippen LogP contribution in [0.25, 0.3) is 22.2 Å². The number of rotatable bonds is 6. The number of H-pyrrole nitrogens is 1. The number of aliphatic imine (C=N–C) groups is 1. The van der Waals surface area contributed by atoms with Gasteiger partial charge in [-0.25, -0.2) is 4.99 Å². The molecule has 164 valence electrons. The highest BCUT2D eigenvalue weighted by molar-refractivity contribution is 5.99. The molecule has 4 rings (SSSR count). The topological polar surface area (TPSA) is 128 Å². The molecule has 1 amide bonds. The van der Waals surface area contributed by atoms with Crippen LogP contribution in [0.3, 0.4) is 0 Å². The number of nitrogens with zero attached hydrogens (tertiary/aromatic N) is 5. The van der Waals surface area contributed by atoms with Crippen molar-refractivity contribution in [1.82, 2.24) is 29.9 Å². The first-order chi connectivity index (χ1) is 15.3. The third-order valence-corrected chi connectivity index (χ3v) is 4.86. The van der Waals surface area contributed by atoms with Gasteiger partial charge in [-0.1, -0.05) is 12.6 Å². The van der Waals surface area contributed by atoms with E-state index in [-0.39, 0.29) is 11.8 Å². The van der Waals surface area contributed by atoms with Crippen molar-refractivity contribution in [3.05, 3.63) is 72.0 Å². The Labute approximate surface area is 184 Å². The predicted octanol–water partition coefficient (Wildman–Crippen LogP) is 2.40. The van der Waals surface area contributed by atoms with Gasteiger partial charge in [-0.15, -0.1) is 0 Å². The van der Waals surface area contributed by atoms with Crippen LogP contribution in [0, 0.1) is 0 Å². The Morgan fingerprint density at radius 3 is 2.75 bits per heavy atom. The van der Waals surface area contributed by atoms with E-state index in [1.165, 1.54) is 0 Å². The number of aromatic nitrogens is 5. The second-order valence-electron chi connectivity index (χ2n) is 7.46. The molecule has 10 heteroatoms. The quantitative estimate of drug-likeness (QED) is 0.245. The molecular formula is C22H24N8O2. The molecule has 4 aromatic rings. The van der Waals surface area contributed by atoms with Crippen LogP contribution in [0.15, 0.2) is 59.9 Å². The van der Waals surface area contributed by atoms with Crippen LogP contribution in [-0.4, -0.2) is 36.3 Å². The number of nitrogens with two attached hydrogens (primary N) is 1. The van der Waals surface area contributed by atoms with E-state index in [1.54, 1.807) is 29.4 Å². The zero-order valence-electron chi connectivity index (χ0n) is 18.1. The van der Waals surface area contributed by atoms with Crippen LogP contribution in [0.1, 0.15) is 28.8 Å². The molecule has 0 saturated carbocycles. The Morgan fingerprint density at radius 2 is 2.06 bits per heavy atom. The molecule has 4 N–H and O–H groups in total. The van der Waals surface area contributed by atoms with E-state index in [4.69, 9.17) is 10.7 Å². The molecule has 3 heterocycles. The molecule has 10 nitrogen and oxygen atoms in total. The number of benzene rings is 1. The third kappa shape index (κ3) is 4.30. The maximum Gasteiger partial charge on any atom is 0.272 e. The van der Waals surface area contributed by atoms with Gasteiger partial charge in [0.25, 0.3) is 11.8 Å². The molecule has 0 bridgehead atoms. The standard InChI is InChI=1S/C22H24N8O2/c1-13(2)25-22(32-23)19-10-15-9-14(5-6-17(15)26-19)20-11-18(28-30(20)4)21(31)24-12-16-7-8-29(3)27-16/h5-11,26H,1,12,23H2,2-4H3,(H,24,31)/b25-22-. The van der Waals surface area contributed by atoms with Gasteiger partial charge in [-0.05, 0) is 37.3 Å². The molecule has 1 aromatic carbocycles. The molecule has 0 unspecified atom stereocenters. The van der Waals surface area contributed by atoms with Crippen molar-refractivity contribution in [2.45, 2.75) is 13.5 Å². The SMILES string of the molecule is C=C(C)/N=C(\ON)c1cc2cc(-c3cc(C(=O)NCc4ccn(C)n4)nn3C)ccc2[nH]1. The number of fused-ring (bicyclic) bond motifs is 1. The van der Waals surface area contributed by atoms with E-state index in [2.05, 4.69) is 32.1 Å². The number of carbonyl (C=O) groups is 1.